The van der Waals surface area contributed by atoms with Crippen molar-refractivity contribution in [3.8, 4) is 11.5 Å². The number of carbonyl (C=O) groups is 1. The van der Waals surface area contributed by atoms with Crippen LogP contribution in [0.4, 0.5) is 0 Å². The normalized spacial score (nSPS) is 22.9. The molecule has 4 rings (SSSR count). The molecule has 1 atom stereocenters. The molecule has 3 aliphatic rings. The molecule has 0 saturated carbocycles. The van der Waals surface area contributed by atoms with E-state index in [4.69, 9.17) is 19.9 Å². The predicted octanol–water partition coefficient (Wildman–Crippen LogP) is -1.05. The molecule has 2 saturated heterocycles. The Kier molecular flexibility index (Phi) is 4.77. The molecule has 0 spiro atoms. The number of nitrogens with zero attached hydrogens (tertiary/aromatic N) is 1. The van der Waals surface area contributed by atoms with E-state index in [9.17, 15) is 20.0 Å². The topological polar surface area (TPSA) is 135 Å². The predicted molar refractivity (Wildman–Crippen MR) is 95.1 cm³/mol. The van der Waals surface area contributed by atoms with Gasteiger partial charge in [-0.05, 0) is 24.4 Å². The molecule has 0 aromatic heterocycles. The van der Waals surface area contributed by atoms with Crippen LogP contribution in [0.5, 0.6) is 11.5 Å². The molecule has 27 heavy (non-hydrogen) atoms. The number of fused-ring (bicyclic) bond motifs is 1. The first kappa shape index (κ1) is 18.5. The molecule has 3 aliphatic heterocycles. The van der Waals surface area contributed by atoms with Gasteiger partial charge in [-0.2, -0.15) is 0 Å². The summed E-state index contributed by atoms with van der Waals surface area (Å²) in [7, 11) is -1.01. The highest BCUT2D eigenvalue weighted by Crippen LogP contribution is 2.38. The molecular formula is C17H23BN2O7. The van der Waals surface area contributed by atoms with Gasteiger partial charge in [-0.3, -0.25) is 4.90 Å². The van der Waals surface area contributed by atoms with Crippen LogP contribution in [0.25, 0.3) is 0 Å². The molecule has 0 aliphatic carbocycles. The van der Waals surface area contributed by atoms with Gasteiger partial charge in [0.05, 0.1) is 31.4 Å². The fraction of sp³-hybridized carbons (Fsp3) is 0.588. The Labute approximate surface area is 156 Å². The van der Waals surface area contributed by atoms with Crippen molar-refractivity contribution < 1.29 is 34.2 Å². The molecule has 0 radical (unpaired) electrons. The second-order valence-corrected chi connectivity index (χ2v) is 7.37. The van der Waals surface area contributed by atoms with Crippen LogP contribution in [-0.4, -0.2) is 83.8 Å². The summed E-state index contributed by atoms with van der Waals surface area (Å²) in [6.07, 6.45) is 0.785. The van der Waals surface area contributed by atoms with Crippen molar-refractivity contribution in [2.45, 2.75) is 30.4 Å². The number of carboxylic acid groups (broad SMARTS) is 1. The van der Waals surface area contributed by atoms with Crippen molar-refractivity contribution in [1.29, 1.82) is 0 Å². The molecule has 9 nitrogen and oxygen atoms in total. The van der Waals surface area contributed by atoms with E-state index in [0.717, 1.165) is 5.56 Å². The highest BCUT2D eigenvalue weighted by Gasteiger charge is 2.53. The number of benzene rings is 1. The monoisotopic (exact) mass is 378 g/mol. The molecule has 5 N–H and O–H groups in total. The van der Waals surface area contributed by atoms with Crippen molar-refractivity contribution in [3.63, 3.8) is 0 Å². The maximum atomic E-state index is 11.8. The lowest BCUT2D eigenvalue weighted by atomic mass is 9.78. The molecule has 146 valence electrons. The molecule has 10 heteroatoms. The zero-order chi connectivity index (χ0) is 19.2. The summed E-state index contributed by atoms with van der Waals surface area (Å²) in [6.45, 7) is 1.94. The van der Waals surface area contributed by atoms with Gasteiger partial charge in [0.1, 0.15) is 23.2 Å². The van der Waals surface area contributed by atoms with Crippen molar-refractivity contribution in [2.24, 2.45) is 5.73 Å². The maximum absolute atomic E-state index is 11.8. The SMILES string of the molecule is NC(CO)C1(N2CC(Oc3ccc4c(c3C(=O)O)OB(O)CC4)C2)COC1. The summed E-state index contributed by atoms with van der Waals surface area (Å²) in [5.41, 5.74) is 6.36. The molecule has 2 fully saturated rings. The number of nitrogens with two attached hydrogens (primary N) is 1. The van der Waals surface area contributed by atoms with E-state index >= 15 is 0 Å². The van der Waals surface area contributed by atoms with Crippen LogP contribution in [0.2, 0.25) is 6.32 Å². The first-order valence-electron chi connectivity index (χ1n) is 9.04. The zero-order valence-corrected chi connectivity index (χ0v) is 14.8. The van der Waals surface area contributed by atoms with E-state index in [-0.39, 0.29) is 35.3 Å². The third-order valence-electron chi connectivity index (χ3n) is 5.69. The van der Waals surface area contributed by atoms with Gasteiger partial charge >= 0.3 is 13.1 Å². The molecule has 1 aromatic carbocycles. The van der Waals surface area contributed by atoms with Crippen molar-refractivity contribution in [2.75, 3.05) is 32.9 Å². The van der Waals surface area contributed by atoms with Crippen LogP contribution in [-0.2, 0) is 11.2 Å². The van der Waals surface area contributed by atoms with Gasteiger partial charge in [-0.25, -0.2) is 4.79 Å². The highest BCUT2D eigenvalue weighted by molar-refractivity contribution is 6.44. The summed E-state index contributed by atoms with van der Waals surface area (Å²) in [5.74, 6) is -0.746. The minimum absolute atomic E-state index is 0.0570. The fourth-order valence-corrected chi connectivity index (χ4v) is 3.88. The van der Waals surface area contributed by atoms with Crippen LogP contribution >= 0.6 is 0 Å². The van der Waals surface area contributed by atoms with E-state index in [1.54, 1.807) is 12.1 Å². The molecule has 1 unspecified atom stereocenters. The minimum atomic E-state index is -1.15. The molecular weight excluding hydrogens is 355 g/mol. The van der Waals surface area contributed by atoms with E-state index in [0.29, 0.717) is 39.0 Å². The number of ether oxygens (including phenoxy) is 2. The summed E-state index contributed by atoms with van der Waals surface area (Å²) in [4.78, 5) is 13.9. The Morgan fingerprint density at radius 3 is 2.78 bits per heavy atom. The van der Waals surface area contributed by atoms with Gasteiger partial charge < -0.3 is 35.1 Å². The smallest absolute Gasteiger partial charge is 0.522 e. The van der Waals surface area contributed by atoms with Crippen molar-refractivity contribution in [1.82, 2.24) is 4.90 Å². The van der Waals surface area contributed by atoms with E-state index < -0.39 is 19.1 Å². The van der Waals surface area contributed by atoms with Crippen LogP contribution in [0, 0.1) is 0 Å². The van der Waals surface area contributed by atoms with Gasteiger partial charge in [0, 0.05) is 13.1 Å². The summed E-state index contributed by atoms with van der Waals surface area (Å²) in [6, 6.07) is 3.02. The summed E-state index contributed by atoms with van der Waals surface area (Å²) >= 11 is 0. The van der Waals surface area contributed by atoms with Crippen LogP contribution in [0.3, 0.4) is 0 Å². The number of aryl methyl sites for hydroxylation is 1. The summed E-state index contributed by atoms with van der Waals surface area (Å²) in [5, 5.41) is 28.7. The highest BCUT2D eigenvalue weighted by atomic mass is 16.5. The van der Waals surface area contributed by atoms with Gasteiger partial charge in [0.15, 0.2) is 0 Å². The Morgan fingerprint density at radius 1 is 1.44 bits per heavy atom. The van der Waals surface area contributed by atoms with E-state index in [1.165, 1.54) is 0 Å². The lowest BCUT2D eigenvalue weighted by molar-refractivity contribution is -0.194. The Balaban J connectivity index is 1.48. The summed E-state index contributed by atoms with van der Waals surface area (Å²) < 4.78 is 16.6. The van der Waals surface area contributed by atoms with Crippen LogP contribution < -0.4 is 15.1 Å². The van der Waals surface area contributed by atoms with E-state index in [1.807, 2.05) is 0 Å². The van der Waals surface area contributed by atoms with Gasteiger partial charge in [0.2, 0.25) is 0 Å². The van der Waals surface area contributed by atoms with E-state index in [2.05, 4.69) is 4.90 Å². The molecule has 0 amide bonds. The number of likely N-dealkylation sites (tertiary alicyclic amines) is 1. The van der Waals surface area contributed by atoms with Gasteiger partial charge in [-0.15, -0.1) is 0 Å². The van der Waals surface area contributed by atoms with Gasteiger partial charge in [-0.1, -0.05) is 6.07 Å². The second kappa shape index (κ2) is 6.95. The Hall–Kier alpha value is -1.85. The number of aliphatic hydroxyl groups is 1. The number of hydrogen-bond donors (Lipinski definition) is 4. The minimum Gasteiger partial charge on any atom is -0.535 e. The maximum Gasteiger partial charge on any atom is 0.522 e. The second-order valence-electron chi connectivity index (χ2n) is 7.37. The molecule has 3 heterocycles. The average molecular weight is 378 g/mol. The molecule has 1 aromatic rings. The van der Waals surface area contributed by atoms with Crippen LogP contribution in [0.15, 0.2) is 12.1 Å². The number of aliphatic hydroxyl groups excluding tert-OH is 1. The van der Waals surface area contributed by atoms with Gasteiger partial charge in [0.25, 0.3) is 0 Å². The lowest BCUT2D eigenvalue weighted by Gasteiger charge is -2.57. The fourth-order valence-electron chi connectivity index (χ4n) is 3.88. The number of carboxylic acids is 1. The Bertz CT molecular complexity index is 736. The average Bonchev–Trinajstić information content (AvgIpc) is 2.57. The lowest BCUT2D eigenvalue weighted by Crippen LogP contribution is -2.77. The quantitative estimate of drug-likeness (QED) is 0.458. The molecule has 0 bridgehead atoms. The third-order valence-corrected chi connectivity index (χ3v) is 5.69. The first-order chi connectivity index (χ1) is 12.9. The van der Waals surface area contributed by atoms with Crippen LogP contribution in [0.1, 0.15) is 15.9 Å². The first-order valence-corrected chi connectivity index (χ1v) is 9.04. The number of hydrogen-bond acceptors (Lipinski definition) is 8. The van der Waals surface area contributed by atoms with Crippen molar-refractivity contribution >= 4 is 13.1 Å². The number of rotatable bonds is 6. The number of aromatic carboxylic acids is 1. The third kappa shape index (κ3) is 3.07. The standard InChI is InChI=1S/C17H23BN2O7/c19-13(7-21)17(8-25-9-17)20-5-11(6-20)26-12-2-1-10-3-4-18(24)27-15(10)14(12)16(22)23/h1-2,11,13,21,24H,3-9,19H2,(H,22,23). The Morgan fingerprint density at radius 2 is 2.19 bits per heavy atom. The largest absolute Gasteiger partial charge is 0.535 e. The van der Waals surface area contributed by atoms with Crippen molar-refractivity contribution in [3.05, 3.63) is 23.3 Å². The zero-order valence-electron chi connectivity index (χ0n) is 14.8.